The van der Waals surface area contributed by atoms with Crippen molar-refractivity contribution >= 4 is 5.57 Å². The fraction of sp³-hybridized carbons (Fsp3) is 0.579. The molecule has 0 amide bonds. The lowest BCUT2D eigenvalue weighted by Crippen LogP contribution is -2.29. The van der Waals surface area contributed by atoms with E-state index in [9.17, 15) is 0 Å². The second kappa shape index (κ2) is 4.51. The Hall–Kier alpha value is -1.04. The summed E-state index contributed by atoms with van der Waals surface area (Å²) in [7, 11) is 0. The van der Waals surface area contributed by atoms with Crippen LogP contribution in [0.3, 0.4) is 0 Å². The van der Waals surface area contributed by atoms with Gasteiger partial charge in [-0.05, 0) is 80.3 Å². The molecule has 4 fully saturated rings. The topological polar surface area (TPSA) is 0 Å². The zero-order valence-electron chi connectivity index (χ0n) is 11.9. The molecular weight excluding hydrogens is 228 g/mol. The average Bonchev–Trinajstić information content (AvgIpc) is 2.65. The fourth-order valence-electron chi connectivity index (χ4n) is 5.29. The fourth-order valence-corrected chi connectivity index (χ4v) is 5.29. The molecule has 100 valence electrons. The van der Waals surface area contributed by atoms with Gasteiger partial charge in [0.2, 0.25) is 0 Å². The van der Waals surface area contributed by atoms with Gasteiger partial charge >= 0.3 is 0 Å². The van der Waals surface area contributed by atoms with E-state index >= 15 is 0 Å². The first-order chi connectivity index (χ1) is 9.31. The molecule has 0 aliphatic heterocycles. The van der Waals surface area contributed by atoms with Gasteiger partial charge in [0.05, 0.1) is 0 Å². The van der Waals surface area contributed by atoms with E-state index in [-0.39, 0.29) is 0 Å². The van der Waals surface area contributed by atoms with Crippen LogP contribution in [0.2, 0.25) is 0 Å². The predicted molar refractivity (Wildman–Crippen MR) is 80.7 cm³/mol. The minimum Gasteiger partial charge on any atom is -0.0622 e. The van der Waals surface area contributed by atoms with Crippen molar-refractivity contribution in [1.82, 2.24) is 0 Å². The second-order valence-corrected chi connectivity index (χ2v) is 7.09. The molecule has 0 heteroatoms. The number of hydrogen-bond donors (Lipinski definition) is 0. The van der Waals surface area contributed by atoms with Gasteiger partial charge in [0, 0.05) is 0 Å². The van der Waals surface area contributed by atoms with Gasteiger partial charge < -0.3 is 0 Å². The Bertz CT molecular complexity index is 486. The molecule has 5 rings (SSSR count). The molecular formula is C19H24. The molecule has 19 heavy (non-hydrogen) atoms. The SMILES string of the molecule is C/C(=C1/C2CCC3CC(C2)CC1C3)c1ccccc1. The van der Waals surface area contributed by atoms with Gasteiger partial charge in [-0.2, -0.15) is 0 Å². The first-order valence-electron chi connectivity index (χ1n) is 8.07. The van der Waals surface area contributed by atoms with Crippen molar-refractivity contribution < 1.29 is 0 Å². The lowest BCUT2D eigenvalue weighted by atomic mass is 9.64. The molecule has 4 bridgehead atoms. The van der Waals surface area contributed by atoms with Crippen LogP contribution in [0, 0.1) is 23.7 Å². The van der Waals surface area contributed by atoms with Crippen molar-refractivity contribution in [1.29, 1.82) is 0 Å². The third-order valence-electron chi connectivity index (χ3n) is 5.96. The number of rotatable bonds is 1. The summed E-state index contributed by atoms with van der Waals surface area (Å²) >= 11 is 0. The van der Waals surface area contributed by atoms with Gasteiger partial charge in [-0.15, -0.1) is 0 Å². The molecule has 0 spiro atoms. The molecule has 0 heterocycles. The van der Waals surface area contributed by atoms with Crippen LogP contribution < -0.4 is 0 Å². The van der Waals surface area contributed by atoms with E-state index in [1.807, 2.05) is 5.57 Å². The standard InChI is InChI=1S/C19H24/c1-13(16-5-3-2-4-6-16)19-17-8-7-14-9-15(11-17)12-18(19)10-14/h2-6,14-15,17-18H,7-12H2,1H3/b19-13+. The van der Waals surface area contributed by atoms with Crippen molar-refractivity contribution in [3.63, 3.8) is 0 Å². The largest absolute Gasteiger partial charge is 0.0622 e. The van der Waals surface area contributed by atoms with Gasteiger partial charge in [-0.25, -0.2) is 0 Å². The number of fused-ring (bicyclic) bond motifs is 1. The molecule has 4 atom stereocenters. The maximum absolute atomic E-state index is 2.38. The summed E-state index contributed by atoms with van der Waals surface area (Å²) in [6.07, 6.45) is 9.00. The molecule has 0 radical (unpaired) electrons. The van der Waals surface area contributed by atoms with Crippen LogP contribution >= 0.6 is 0 Å². The smallest absolute Gasteiger partial charge is 0.0189 e. The van der Waals surface area contributed by atoms with Gasteiger partial charge in [0.25, 0.3) is 0 Å². The summed E-state index contributed by atoms with van der Waals surface area (Å²) in [5.74, 6) is 3.94. The summed E-state index contributed by atoms with van der Waals surface area (Å²) in [4.78, 5) is 0. The van der Waals surface area contributed by atoms with Gasteiger partial charge in [0.1, 0.15) is 0 Å². The Labute approximate surface area is 116 Å². The molecule has 4 aliphatic carbocycles. The molecule has 1 aromatic rings. The van der Waals surface area contributed by atoms with Gasteiger partial charge in [-0.1, -0.05) is 35.9 Å². The zero-order chi connectivity index (χ0) is 12.8. The highest BCUT2D eigenvalue weighted by Gasteiger charge is 2.42. The molecule has 4 aliphatic rings. The number of benzene rings is 1. The Morgan fingerprint density at radius 3 is 2.42 bits per heavy atom. The zero-order valence-corrected chi connectivity index (χ0v) is 11.9. The van der Waals surface area contributed by atoms with E-state index in [4.69, 9.17) is 0 Å². The molecule has 0 nitrogen and oxygen atoms in total. The van der Waals surface area contributed by atoms with Crippen LogP contribution in [0.15, 0.2) is 35.9 Å². The highest BCUT2D eigenvalue weighted by Crippen LogP contribution is 2.55. The van der Waals surface area contributed by atoms with Crippen LogP contribution in [0.1, 0.15) is 51.0 Å². The molecule has 4 unspecified atom stereocenters. The van der Waals surface area contributed by atoms with E-state index in [2.05, 4.69) is 37.3 Å². The van der Waals surface area contributed by atoms with Crippen LogP contribution in [0.25, 0.3) is 5.57 Å². The van der Waals surface area contributed by atoms with E-state index in [0.717, 1.165) is 23.7 Å². The first kappa shape index (κ1) is 11.8. The lowest BCUT2D eigenvalue weighted by molar-refractivity contribution is 0.184. The van der Waals surface area contributed by atoms with Crippen molar-refractivity contribution in [2.75, 3.05) is 0 Å². The maximum Gasteiger partial charge on any atom is -0.0189 e. The Morgan fingerprint density at radius 1 is 0.842 bits per heavy atom. The monoisotopic (exact) mass is 252 g/mol. The number of hydrogen-bond acceptors (Lipinski definition) is 0. The van der Waals surface area contributed by atoms with Crippen molar-refractivity contribution in [2.45, 2.75) is 45.4 Å². The van der Waals surface area contributed by atoms with E-state index in [1.165, 1.54) is 37.7 Å². The highest BCUT2D eigenvalue weighted by molar-refractivity contribution is 5.68. The minimum absolute atomic E-state index is 0.913. The van der Waals surface area contributed by atoms with Crippen LogP contribution in [-0.2, 0) is 0 Å². The van der Waals surface area contributed by atoms with E-state index in [1.54, 1.807) is 12.0 Å². The second-order valence-electron chi connectivity index (χ2n) is 7.09. The minimum atomic E-state index is 0.913. The molecule has 0 N–H and O–H groups in total. The van der Waals surface area contributed by atoms with E-state index < -0.39 is 0 Å². The third-order valence-corrected chi connectivity index (χ3v) is 5.96. The molecule has 1 aromatic carbocycles. The normalized spacial score (nSPS) is 39.2. The van der Waals surface area contributed by atoms with Crippen molar-refractivity contribution in [2.24, 2.45) is 23.7 Å². The van der Waals surface area contributed by atoms with Gasteiger partial charge in [-0.3, -0.25) is 0 Å². The van der Waals surface area contributed by atoms with Crippen LogP contribution in [-0.4, -0.2) is 0 Å². The third kappa shape index (κ3) is 1.96. The summed E-state index contributed by atoms with van der Waals surface area (Å²) in [6.45, 7) is 2.38. The lowest BCUT2D eigenvalue weighted by Gasteiger charge is -2.41. The number of allylic oxidation sites excluding steroid dienone is 2. The Balaban J connectivity index is 1.78. The average molecular weight is 252 g/mol. The Kier molecular flexibility index (Phi) is 2.79. The van der Waals surface area contributed by atoms with Gasteiger partial charge in [0.15, 0.2) is 0 Å². The summed E-state index contributed by atoms with van der Waals surface area (Å²) in [5.41, 5.74) is 4.92. The summed E-state index contributed by atoms with van der Waals surface area (Å²) < 4.78 is 0. The summed E-state index contributed by atoms with van der Waals surface area (Å²) in [6, 6.07) is 11.1. The maximum atomic E-state index is 2.38. The van der Waals surface area contributed by atoms with Crippen LogP contribution in [0.5, 0.6) is 0 Å². The van der Waals surface area contributed by atoms with E-state index in [0.29, 0.717) is 0 Å². The predicted octanol–water partition coefficient (Wildman–Crippen LogP) is 5.31. The highest BCUT2D eigenvalue weighted by atomic mass is 14.5. The first-order valence-corrected chi connectivity index (χ1v) is 8.07. The van der Waals surface area contributed by atoms with Crippen molar-refractivity contribution in [3.05, 3.63) is 41.5 Å². The molecule has 4 saturated carbocycles. The van der Waals surface area contributed by atoms with Crippen LogP contribution in [0.4, 0.5) is 0 Å². The van der Waals surface area contributed by atoms with Crippen molar-refractivity contribution in [3.8, 4) is 0 Å². The summed E-state index contributed by atoms with van der Waals surface area (Å²) in [5, 5.41) is 0. The molecule has 0 saturated heterocycles. The Morgan fingerprint density at radius 2 is 1.58 bits per heavy atom. The molecule has 0 aromatic heterocycles. The quantitative estimate of drug-likeness (QED) is 0.635.